The van der Waals surface area contributed by atoms with Crippen LogP contribution in [0.2, 0.25) is 0 Å². The van der Waals surface area contributed by atoms with Gasteiger partial charge in [-0.05, 0) is 42.3 Å². The number of nitrogens with one attached hydrogen (secondary N) is 1. The summed E-state index contributed by atoms with van der Waals surface area (Å²) in [5, 5.41) is 13.4. The molecule has 0 saturated heterocycles. The number of hydrogen-bond donors (Lipinski definition) is 1. The van der Waals surface area contributed by atoms with Gasteiger partial charge in [0.05, 0.1) is 10.5 Å². The fourth-order valence-corrected chi connectivity index (χ4v) is 3.03. The molecule has 25 heavy (non-hydrogen) atoms. The Morgan fingerprint density at radius 1 is 1.32 bits per heavy atom. The first-order valence-corrected chi connectivity index (χ1v) is 8.20. The summed E-state index contributed by atoms with van der Waals surface area (Å²) >= 11 is 3.34. The minimum absolute atomic E-state index is 0.0571. The zero-order valence-corrected chi connectivity index (χ0v) is 14.7. The van der Waals surface area contributed by atoms with E-state index < -0.39 is 22.9 Å². The highest BCUT2D eigenvalue weighted by Gasteiger charge is 2.31. The van der Waals surface area contributed by atoms with Gasteiger partial charge in [0.1, 0.15) is 0 Å². The van der Waals surface area contributed by atoms with Crippen LogP contribution in [0.25, 0.3) is 0 Å². The molecule has 1 aliphatic rings. The number of carbonyl (C=O) groups is 2. The van der Waals surface area contributed by atoms with E-state index in [9.17, 15) is 19.7 Å². The number of nitro groups is 1. The molecule has 0 aromatic heterocycles. The van der Waals surface area contributed by atoms with Crippen LogP contribution in [0.15, 0.2) is 40.9 Å². The molecule has 128 valence electrons. The summed E-state index contributed by atoms with van der Waals surface area (Å²) in [5.41, 5.74) is 2.10. The zero-order valence-electron chi connectivity index (χ0n) is 13.1. The molecule has 8 heteroatoms. The van der Waals surface area contributed by atoms with Crippen molar-refractivity contribution in [3.05, 3.63) is 67.7 Å². The van der Waals surface area contributed by atoms with Crippen molar-refractivity contribution in [2.24, 2.45) is 0 Å². The second kappa shape index (κ2) is 6.64. The largest absolute Gasteiger partial charge is 0.448 e. The molecule has 0 radical (unpaired) electrons. The number of fused-ring (bicyclic) bond motifs is 1. The van der Waals surface area contributed by atoms with Gasteiger partial charge in [0.2, 0.25) is 0 Å². The Kier molecular flexibility index (Phi) is 4.54. The predicted octanol–water partition coefficient (Wildman–Crippen LogP) is 3.39. The van der Waals surface area contributed by atoms with Crippen LogP contribution in [0.1, 0.15) is 21.5 Å². The van der Waals surface area contributed by atoms with Crippen LogP contribution >= 0.6 is 15.9 Å². The topological polar surface area (TPSA) is 98.5 Å². The molecule has 1 amide bonds. The molecule has 0 bridgehead atoms. The van der Waals surface area contributed by atoms with E-state index in [1.807, 2.05) is 0 Å². The molecule has 7 nitrogen and oxygen atoms in total. The van der Waals surface area contributed by atoms with Crippen LogP contribution in [0.3, 0.4) is 0 Å². The number of ether oxygens (including phenoxy) is 1. The Bertz CT molecular complexity index is 897. The minimum atomic E-state index is -0.955. The van der Waals surface area contributed by atoms with Crippen molar-refractivity contribution in [3.63, 3.8) is 0 Å². The second-order valence-electron chi connectivity index (χ2n) is 5.65. The average Bonchev–Trinajstić information content (AvgIpc) is 2.55. The highest BCUT2D eigenvalue weighted by Crippen LogP contribution is 2.26. The molecule has 1 aliphatic heterocycles. The van der Waals surface area contributed by atoms with Crippen LogP contribution in [0.4, 0.5) is 11.4 Å². The van der Waals surface area contributed by atoms with E-state index in [1.165, 1.54) is 18.2 Å². The fraction of sp³-hybridized carbons (Fsp3) is 0.176. The normalized spacial score (nSPS) is 15.9. The predicted molar refractivity (Wildman–Crippen MR) is 93.5 cm³/mol. The maximum atomic E-state index is 12.4. The first-order chi connectivity index (χ1) is 11.8. The maximum Gasteiger partial charge on any atom is 0.339 e. The summed E-state index contributed by atoms with van der Waals surface area (Å²) in [4.78, 5) is 34.8. The van der Waals surface area contributed by atoms with Crippen molar-refractivity contribution in [1.29, 1.82) is 0 Å². The van der Waals surface area contributed by atoms with E-state index in [2.05, 4.69) is 21.2 Å². The summed E-state index contributed by atoms with van der Waals surface area (Å²) in [6.45, 7) is 1.65. The molecule has 3 rings (SSSR count). The van der Waals surface area contributed by atoms with Crippen LogP contribution in [-0.4, -0.2) is 22.9 Å². The third-order valence-corrected chi connectivity index (χ3v) is 4.41. The molecule has 1 unspecified atom stereocenters. The van der Waals surface area contributed by atoms with Crippen LogP contribution in [0.5, 0.6) is 0 Å². The number of hydrogen-bond acceptors (Lipinski definition) is 5. The van der Waals surface area contributed by atoms with Gasteiger partial charge in [-0.15, -0.1) is 0 Å². The molecule has 2 aromatic rings. The lowest BCUT2D eigenvalue weighted by Crippen LogP contribution is -2.38. The fourth-order valence-electron chi connectivity index (χ4n) is 2.63. The van der Waals surface area contributed by atoms with E-state index in [0.717, 1.165) is 10.0 Å². The highest BCUT2D eigenvalue weighted by molar-refractivity contribution is 9.10. The van der Waals surface area contributed by atoms with E-state index in [-0.39, 0.29) is 12.1 Å². The lowest BCUT2D eigenvalue weighted by molar-refractivity contribution is -0.384. The van der Waals surface area contributed by atoms with Gasteiger partial charge in [-0.1, -0.05) is 15.9 Å². The van der Waals surface area contributed by atoms with Gasteiger partial charge in [0, 0.05) is 28.7 Å². The number of benzene rings is 2. The molecule has 1 atom stereocenters. The zero-order chi connectivity index (χ0) is 18.1. The molecule has 1 heterocycles. The Morgan fingerprint density at radius 3 is 2.76 bits per heavy atom. The molecule has 0 fully saturated rings. The van der Waals surface area contributed by atoms with Crippen molar-refractivity contribution < 1.29 is 19.2 Å². The standard InChI is InChI=1S/C17H13BrN2O5/c1-9-6-12(20(23)24)3-5-14(9)19-16(21)15-8-10-7-11(18)2-4-13(10)17(22)25-15/h2-7,15H,8H2,1H3,(H,19,21). The monoisotopic (exact) mass is 404 g/mol. The van der Waals surface area contributed by atoms with E-state index in [0.29, 0.717) is 16.8 Å². The van der Waals surface area contributed by atoms with E-state index >= 15 is 0 Å². The van der Waals surface area contributed by atoms with Crippen LogP contribution in [-0.2, 0) is 16.0 Å². The smallest absolute Gasteiger partial charge is 0.339 e. The summed E-state index contributed by atoms with van der Waals surface area (Å²) < 4.78 is 6.03. The SMILES string of the molecule is Cc1cc([N+](=O)[O-])ccc1NC(=O)C1Cc2cc(Br)ccc2C(=O)O1. The van der Waals surface area contributed by atoms with Crippen molar-refractivity contribution >= 4 is 39.2 Å². The van der Waals surface area contributed by atoms with Crippen LogP contribution in [0, 0.1) is 17.0 Å². The summed E-state index contributed by atoms with van der Waals surface area (Å²) in [5.74, 6) is -1.02. The van der Waals surface area contributed by atoms with Crippen molar-refractivity contribution in [1.82, 2.24) is 0 Å². The van der Waals surface area contributed by atoms with Gasteiger partial charge in [-0.2, -0.15) is 0 Å². The Balaban J connectivity index is 1.78. The van der Waals surface area contributed by atoms with Gasteiger partial charge < -0.3 is 10.1 Å². The highest BCUT2D eigenvalue weighted by atomic mass is 79.9. The Morgan fingerprint density at radius 2 is 2.08 bits per heavy atom. The molecule has 0 saturated carbocycles. The van der Waals surface area contributed by atoms with E-state index in [1.54, 1.807) is 25.1 Å². The van der Waals surface area contributed by atoms with Gasteiger partial charge in [0.15, 0.2) is 6.10 Å². The number of nitrogens with zero attached hydrogens (tertiary/aromatic N) is 1. The molecule has 1 N–H and O–H groups in total. The molecule has 0 aliphatic carbocycles. The average molecular weight is 405 g/mol. The Labute approximate surface area is 151 Å². The van der Waals surface area contributed by atoms with Crippen molar-refractivity contribution in [2.45, 2.75) is 19.4 Å². The molecular weight excluding hydrogens is 392 g/mol. The number of halogens is 1. The number of cyclic esters (lactones) is 1. The molecule has 2 aromatic carbocycles. The van der Waals surface area contributed by atoms with Crippen molar-refractivity contribution in [3.8, 4) is 0 Å². The number of rotatable bonds is 3. The first-order valence-electron chi connectivity index (χ1n) is 7.40. The first kappa shape index (κ1) is 17.1. The lowest BCUT2D eigenvalue weighted by Gasteiger charge is -2.24. The number of carbonyl (C=O) groups excluding carboxylic acids is 2. The second-order valence-corrected chi connectivity index (χ2v) is 6.56. The number of non-ortho nitro benzene ring substituents is 1. The molecule has 0 spiro atoms. The third-order valence-electron chi connectivity index (χ3n) is 3.91. The lowest BCUT2D eigenvalue weighted by atomic mass is 9.98. The molecular formula is C17H13BrN2O5. The summed E-state index contributed by atoms with van der Waals surface area (Å²) in [6, 6.07) is 9.31. The number of amides is 1. The van der Waals surface area contributed by atoms with Gasteiger partial charge >= 0.3 is 5.97 Å². The number of nitro benzene ring substituents is 1. The number of anilines is 1. The van der Waals surface area contributed by atoms with Crippen LogP contribution < -0.4 is 5.32 Å². The third kappa shape index (κ3) is 3.53. The summed E-state index contributed by atoms with van der Waals surface area (Å²) in [6.07, 6.45) is -0.692. The Hall–Kier alpha value is -2.74. The van der Waals surface area contributed by atoms with E-state index in [4.69, 9.17) is 4.74 Å². The van der Waals surface area contributed by atoms with Gasteiger partial charge in [-0.3, -0.25) is 14.9 Å². The minimum Gasteiger partial charge on any atom is -0.448 e. The van der Waals surface area contributed by atoms with Gasteiger partial charge in [0.25, 0.3) is 11.6 Å². The number of aryl methyl sites for hydroxylation is 1. The quantitative estimate of drug-likeness (QED) is 0.480. The van der Waals surface area contributed by atoms with Crippen molar-refractivity contribution in [2.75, 3.05) is 5.32 Å². The maximum absolute atomic E-state index is 12.4. The summed E-state index contributed by atoms with van der Waals surface area (Å²) in [7, 11) is 0. The van der Waals surface area contributed by atoms with Gasteiger partial charge in [-0.25, -0.2) is 4.79 Å². The number of esters is 1.